The van der Waals surface area contributed by atoms with E-state index in [0.29, 0.717) is 28.7 Å². The molecule has 1 aliphatic heterocycles. The third-order valence-corrected chi connectivity index (χ3v) is 5.67. The Morgan fingerprint density at radius 3 is 2.35 bits per heavy atom. The third kappa shape index (κ3) is 5.32. The molecule has 1 aliphatic rings. The molecule has 0 saturated heterocycles. The molecule has 0 saturated carbocycles. The summed E-state index contributed by atoms with van der Waals surface area (Å²) in [5.41, 5.74) is 3.77. The van der Waals surface area contributed by atoms with Crippen LogP contribution in [0.1, 0.15) is 38.3 Å². The fourth-order valence-electron chi connectivity index (χ4n) is 3.46. The van der Waals surface area contributed by atoms with Gasteiger partial charge in [-0.15, -0.1) is 0 Å². The number of hydrogen-bond acceptors (Lipinski definition) is 5. The van der Waals surface area contributed by atoms with Gasteiger partial charge in [0.25, 0.3) is 0 Å². The summed E-state index contributed by atoms with van der Waals surface area (Å²) in [6, 6.07) is 21.3. The third-order valence-electron chi connectivity index (χ3n) is 5.39. The van der Waals surface area contributed by atoms with Crippen molar-refractivity contribution in [1.29, 1.82) is 0 Å². The van der Waals surface area contributed by atoms with Crippen LogP contribution in [-0.4, -0.2) is 24.6 Å². The van der Waals surface area contributed by atoms with E-state index < -0.39 is 5.97 Å². The number of cyclic esters (lactones) is 1. The molecule has 0 spiro atoms. The normalized spacial score (nSPS) is 15.1. The minimum Gasteiger partial charge on any atom is -0.490 e. The van der Waals surface area contributed by atoms with Gasteiger partial charge in [-0.2, -0.15) is 0 Å². The standard InChI is InChI=1S/C28H26ClNO4/c1-4-18(3)33-26-23(29)15-19(17-25(26)32-5-2)16-24-28(31)34-27(30-24)22-13-11-21(12-14-22)20-9-7-6-8-10-20/h6-18H,4-5H2,1-3H3/b24-16-. The number of ether oxygens (including phenoxy) is 3. The largest absolute Gasteiger partial charge is 0.490 e. The van der Waals surface area contributed by atoms with Crippen LogP contribution in [0.5, 0.6) is 11.5 Å². The number of rotatable bonds is 8. The second kappa shape index (κ2) is 10.6. The molecule has 0 aliphatic carbocycles. The summed E-state index contributed by atoms with van der Waals surface area (Å²) in [4.78, 5) is 16.9. The van der Waals surface area contributed by atoms with Crippen molar-refractivity contribution >= 4 is 29.5 Å². The number of aliphatic imine (C=N–C) groups is 1. The van der Waals surface area contributed by atoms with Crippen LogP contribution in [0.3, 0.4) is 0 Å². The number of esters is 1. The van der Waals surface area contributed by atoms with Gasteiger partial charge < -0.3 is 14.2 Å². The van der Waals surface area contributed by atoms with E-state index in [0.717, 1.165) is 23.1 Å². The van der Waals surface area contributed by atoms with Gasteiger partial charge in [0, 0.05) is 5.56 Å². The number of hydrogen-bond donors (Lipinski definition) is 0. The van der Waals surface area contributed by atoms with Crippen LogP contribution in [0.2, 0.25) is 5.02 Å². The lowest BCUT2D eigenvalue weighted by Gasteiger charge is -2.18. The number of carbonyl (C=O) groups is 1. The zero-order valence-corrected chi connectivity index (χ0v) is 20.1. The van der Waals surface area contributed by atoms with E-state index in [2.05, 4.69) is 4.99 Å². The molecule has 34 heavy (non-hydrogen) atoms. The maximum Gasteiger partial charge on any atom is 0.363 e. The Morgan fingerprint density at radius 2 is 1.68 bits per heavy atom. The highest BCUT2D eigenvalue weighted by Crippen LogP contribution is 2.38. The predicted octanol–water partition coefficient (Wildman–Crippen LogP) is 6.93. The zero-order chi connectivity index (χ0) is 24.1. The Morgan fingerprint density at radius 1 is 1.00 bits per heavy atom. The highest BCUT2D eigenvalue weighted by Gasteiger charge is 2.25. The Hall–Kier alpha value is -3.57. The minimum absolute atomic E-state index is 0.00819. The highest BCUT2D eigenvalue weighted by molar-refractivity contribution is 6.32. The van der Waals surface area contributed by atoms with Crippen molar-refractivity contribution in [2.75, 3.05) is 6.61 Å². The summed E-state index contributed by atoms with van der Waals surface area (Å²) in [5.74, 6) is 0.769. The first kappa shape index (κ1) is 23.6. The van der Waals surface area contributed by atoms with E-state index in [1.165, 1.54) is 0 Å². The summed E-state index contributed by atoms with van der Waals surface area (Å²) < 4.78 is 17.1. The molecule has 174 valence electrons. The molecule has 1 unspecified atom stereocenters. The summed E-state index contributed by atoms with van der Waals surface area (Å²) in [6.07, 6.45) is 2.46. The van der Waals surface area contributed by atoms with Gasteiger partial charge in [-0.05, 0) is 67.3 Å². The van der Waals surface area contributed by atoms with Crippen molar-refractivity contribution in [2.24, 2.45) is 4.99 Å². The summed E-state index contributed by atoms with van der Waals surface area (Å²) >= 11 is 6.50. The minimum atomic E-state index is -0.517. The number of benzene rings is 3. The molecule has 4 rings (SSSR count). The fraction of sp³-hybridized carbons (Fsp3) is 0.214. The van der Waals surface area contributed by atoms with Crippen LogP contribution in [0.25, 0.3) is 17.2 Å². The number of carbonyl (C=O) groups excluding carboxylic acids is 1. The maximum absolute atomic E-state index is 12.5. The van der Waals surface area contributed by atoms with Crippen molar-refractivity contribution in [1.82, 2.24) is 0 Å². The molecule has 0 radical (unpaired) electrons. The van der Waals surface area contributed by atoms with Gasteiger partial charge in [0.1, 0.15) is 0 Å². The fourth-order valence-corrected chi connectivity index (χ4v) is 3.72. The van der Waals surface area contributed by atoms with Gasteiger partial charge >= 0.3 is 5.97 Å². The zero-order valence-electron chi connectivity index (χ0n) is 19.4. The summed E-state index contributed by atoms with van der Waals surface area (Å²) in [6.45, 7) is 6.35. The Labute approximate surface area is 204 Å². The smallest absolute Gasteiger partial charge is 0.363 e. The van der Waals surface area contributed by atoms with Crippen molar-refractivity contribution in [3.05, 3.63) is 88.6 Å². The highest BCUT2D eigenvalue weighted by atomic mass is 35.5. The molecule has 3 aromatic carbocycles. The first-order chi connectivity index (χ1) is 16.5. The molecule has 6 heteroatoms. The van der Waals surface area contributed by atoms with Gasteiger partial charge in [0.2, 0.25) is 5.90 Å². The van der Waals surface area contributed by atoms with Crippen molar-refractivity contribution in [3.63, 3.8) is 0 Å². The van der Waals surface area contributed by atoms with Crippen LogP contribution in [-0.2, 0) is 9.53 Å². The van der Waals surface area contributed by atoms with Crippen LogP contribution in [0.15, 0.2) is 77.4 Å². The van der Waals surface area contributed by atoms with Crippen molar-refractivity contribution in [2.45, 2.75) is 33.3 Å². The van der Waals surface area contributed by atoms with E-state index in [1.807, 2.05) is 75.4 Å². The monoisotopic (exact) mass is 475 g/mol. The summed E-state index contributed by atoms with van der Waals surface area (Å²) in [7, 11) is 0. The second-order valence-corrected chi connectivity index (χ2v) is 8.29. The van der Waals surface area contributed by atoms with Crippen LogP contribution in [0.4, 0.5) is 0 Å². The van der Waals surface area contributed by atoms with Crippen molar-refractivity contribution < 1.29 is 19.0 Å². The van der Waals surface area contributed by atoms with Crippen LogP contribution in [0, 0.1) is 0 Å². The maximum atomic E-state index is 12.5. The van der Waals surface area contributed by atoms with Gasteiger partial charge in [-0.3, -0.25) is 0 Å². The Bertz CT molecular complexity index is 1230. The first-order valence-corrected chi connectivity index (χ1v) is 11.7. The van der Waals surface area contributed by atoms with Crippen LogP contribution < -0.4 is 9.47 Å². The predicted molar refractivity (Wildman–Crippen MR) is 135 cm³/mol. The van der Waals surface area contributed by atoms with Gasteiger partial charge in [-0.25, -0.2) is 9.79 Å². The van der Waals surface area contributed by atoms with Gasteiger partial charge in [0.15, 0.2) is 17.2 Å². The van der Waals surface area contributed by atoms with E-state index in [9.17, 15) is 4.79 Å². The van der Waals surface area contributed by atoms with E-state index in [1.54, 1.807) is 18.2 Å². The second-order valence-electron chi connectivity index (χ2n) is 7.88. The van der Waals surface area contributed by atoms with E-state index >= 15 is 0 Å². The van der Waals surface area contributed by atoms with Gasteiger partial charge in [-0.1, -0.05) is 61.0 Å². The van der Waals surface area contributed by atoms with Gasteiger partial charge in [0.05, 0.1) is 17.7 Å². The quantitative estimate of drug-likeness (QED) is 0.262. The average molecular weight is 476 g/mol. The number of halogens is 1. The first-order valence-electron chi connectivity index (χ1n) is 11.3. The summed E-state index contributed by atoms with van der Waals surface area (Å²) in [5, 5.41) is 0.408. The lowest BCUT2D eigenvalue weighted by molar-refractivity contribution is -0.129. The Kier molecular flexibility index (Phi) is 7.33. The average Bonchev–Trinajstić information content (AvgIpc) is 3.22. The molecular formula is C28H26ClNO4. The SMILES string of the molecule is CCOc1cc(/C=C2\N=C(c3ccc(-c4ccccc4)cc3)OC2=O)cc(Cl)c1OC(C)CC. The van der Waals surface area contributed by atoms with E-state index in [4.69, 9.17) is 25.8 Å². The molecule has 0 fully saturated rings. The molecule has 1 heterocycles. The molecule has 0 aromatic heterocycles. The molecular weight excluding hydrogens is 450 g/mol. The molecule has 3 aromatic rings. The molecule has 5 nitrogen and oxygen atoms in total. The molecule has 0 amide bonds. The van der Waals surface area contributed by atoms with Crippen LogP contribution >= 0.6 is 11.6 Å². The number of nitrogens with zero attached hydrogens (tertiary/aromatic N) is 1. The molecule has 0 bridgehead atoms. The van der Waals surface area contributed by atoms with Crippen molar-refractivity contribution in [3.8, 4) is 22.6 Å². The molecule has 1 atom stereocenters. The lowest BCUT2D eigenvalue weighted by atomic mass is 10.0. The Balaban J connectivity index is 1.61. The van der Waals surface area contributed by atoms with E-state index in [-0.39, 0.29) is 17.7 Å². The molecule has 0 N–H and O–H groups in total. The lowest BCUT2D eigenvalue weighted by Crippen LogP contribution is -2.11. The topological polar surface area (TPSA) is 57.1 Å².